The highest BCUT2D eigenvalue weighted by atomic mass is 35.5. The lowest BCUT2D eigenvalue weighted by atomic mass is 10.4. The molecular formula is C14H17ClN4O4S3. The van der Waals surface area contributed by atoms with Crippen molar-refractivity contribution in [3.8, 4) is 0 Å². The predicted molar refractivity (Wildman–Crippen MR) is 102 cm³/mol. The number of carbonyl (C=O) groups is 1. The van der Waals surface area contributed by atoms with Crippen molar-refractivity contribution in [3.63, 3.8) is 0 Å². The van der Waals surface area contributed by atoms with Crippen LogP contribution in [0.2, 0.25) is 5.02 Å². The number of nitrogens with one attached hydrogen (secondary N) is 2. The first-order valence-electron chi connectivity index (χ1n) is 7.41. The fourth-order valence-electron chi connectivity index (χ4n) is 1.71. The third-order valence-electron chi connectivity index (χ3n) is 2.93. The van der Waals surface area contributed by atoms with Crippen LogP contribution in [0, 0.1) is 0 Å². The number of benzene rings is 1. The molecule has 8 nitrogen and oxygen atoms in total. The number of nitrogens with zero attached hydrogens (tertiary/aromatic N) is 2. The van der Waals surface area contributed by atoms with Crippen molar-refractivity contribution in [2.45, 2.75) is 15.7 Å². The van der Waals surface area contributed by atoms with Crippen LogP contribution in [-0.2, 0) is 19.6 Å². The van der Waals surface area contributed by atoms with Crippen molar-refractivity contribution in [1.29, 1.82) is 0 Å². The van der Waals surface area contributed by atoms with Crippen molar-refractivity contribution < 1.29 is 17.9 Å². The van der Waals surface area contributed by atoms with E-state index in [0.29, 0.717) is 16.8 Å². The number of amides is 1. The Kier molecular flexibility index (Phi) is 8.25. The van der Waals surface area contributed by atoms with Crippen LogP contribution in [0.15, 0.2) is 33.5 Å². The Morgan fingerprint density at radius 3 is 2.73 bits per heavy atom. The van der Waals surface area contributed by atoms with Gasteiger partial charge in [-0.15, -0.1) is 10.2 Å². The number of ether oxygens (including phenoxy) is 1. The summed E-state index contributed by atoms with van der Waals surface area (Å²) in [6.07, 6.45) is -0.0292. The first kappa shape index (κ1) is 21.1. The normalized spacial score (nSPS) is 11.5. The average molecular weight is 437 g/mol. The van der Waals surface area contributed by atoms with Crippen LogP contribution < -0.4 is 10.0 Å². The second kappa shape index (κ2) is 10.2. The highest BCUT2D eigenvalue weighted by Gasteiger charge is 2.14. The van der Waals surface area contributed by atoms with Gasteiger partial charge in [0, 0.05) is 30.9 Å². The smallest absolute Gasteiger partial charge is 0.240 e. The van der Waals surface area contributed by atoms with E-state index in [2.05, 4.69) is 20.2 Å². The Bertz CT molecular complexity index is 827. The van der Waals surface area contributed by atoms with Crippen LogP contribution in [0.4, 0.5) is 5.13 Å². The summed E-state index contributed by atoms with van der Waals surface area (Å²) >= 11 is 8.47. The molecule has 0 saturated heterocycles. The third kappa shape index (κ3) is 6.82. The summed E-state index contributed by atoms with van der Waals surface area (Å²) in [7, 11) is -2.06. The largest absolute Gasteiger partial charge is 0.384 e. The minimum Gasteiger partial charge on any atom is -0.384 e. The van der Waals surface area contributed by atoms with Crippen LogP contribution in [0.1, 0.15) is 6.42 Å². The first-order valence-corrected chi connectivity index (χ1v) is 11.1. The molecule has 0 radical (unpaired) electrons. The molecule has 0 fully saturated rings. The molecule has 142 valence electrons. The Balaban J connectivity index is 1.77. The van der Waals surface area contributed by atoms with E-state index in [4.69, 9.17) is 16.3 Å². The average Bonchev–Trinajstić information content (AvgIpc) is 3.02. The maximum Gasteiger partial charge on any atom is 0.240 e. The number of thioether (sulfide) groups is 1. The molecule has 1 aromatic heterocycles. The Morgan fingerprint density at radius 2 is 2.04 bits per heavy atom. The zero-order valence-electron chi connectivity index (χ0n) is 13.8. The Hall–Kier alpha value is -1.24. The lowest BCUT2D eigenvalue weighted by molar-refractivity contribution is -0.116. The Morgan fingerprint density at radius 1 is 1.31 bits per heavy atom. The van der Waals surface area contributed by atoms with Crippen LogP contribution in [0.5, 0.6) is 0 Å². The fraction of sp³-hybridized carbons (Fsp3) is 0.357. The number of hydrogen-bond donors (Lipinski definition) is 2. The van der Waals surface area contributed by atoms with Gasteiger partial charge in [-0.05, 0) is 24.3 Å². The molecule has 2 aromatic rings. The van der Waals surface area contributed by atoms with Gasteiger partial charge < -0.3 is 10.1 Å². The number of methoxy groups -OCH3 is 1. The van der Waals surface area contributed by atoms with Gasteiger partial charge in [0.25, 0.3) is 0 Å². The van der Waals surface area contributed by atoms with E-state index in [1.807, 2.05) is 0 Å². The minimum atomic E-state index is -3.68. The van der Waals surface area contributed by atoms with E-state index in [1.165, 1.54) is 47.4 Å². The molecule has 0 bridgehead atoms. The molecule has 0 unspecified atom stereocenters. The minimum absolute atomic E-state index is 0.0292. The number of rotatable bonds is 10. The van der Waals surface area contributed by atoms with E-state index >= 15 is 0 Å². The molecule has 0 atom stereocenters. The summed E-state index contributed by atoms with van der Waals surface area (Å²) in [6.45, 7) is 0.560. The molecule has 26 heavy (non-hydrogen) atoms. The van der Waals surface area contributed by atoms with Gasteiger partial charge in [-0.1, -0.05) is 34.7 Å². The summed E-state index contributed by atoms with van der Waals surface area (Å²) in [6, 6.07) is 5.77. The van der Waals surface area contributed by atoms with Gasteiger partial charge in [0.05, 0.1) is 11.5 Å². The van der Waals surface area contributed by atoms with Crippen LogP contribution in [-0.4, -0.2) is 50.5 Å². The molecule has 0 aliphatic heterocycles. The van der Waals surface area contributed by atoms with Crippen molar-refractivity contribution in [2.24, 2.45) is 0 Å². The second-order valence-electron chi connectivity index (χ2n) is 4.86. The Labute approximate surface area is 164 Å². The van der Waals surface area contributed by atoms with Crippen LogP contribution in [0.3, 0.4) is 0 Å². The van der Waals surface area contributed by atoms with Gasteiger partial charge in [0.15, 0.2) is 4.34 Å². The maximum atomic E-state index is 12.1. The molecule has 2 N–H and O–H groups in total. The molecule has 1 amide bonds. The third-order valence-corrected chi connectivity index (χ3v) is 6.60. The van der Waals surface area contributed by atoms with Crippen molar-refractivity contribution in [3.05, 3.63) is 29.3 Å². The van der Waals surface area contributed by atoms with E-state index in [0.717, 1.165) is 10.1 Å². The van der Waals surface area contributed by atoms with Crippen LogP contribution >= 0.6 is 34.7 Å². The van der Waals surface area contributed by atoms with Gasteiger partial charge in [-0.2, -0.15) is 0 Å². The monoisotopic (exact) mass is 436 g/mol. The summed E-state index contributed by atoms with van der Waals surface area (Å²) < 4.78 is 32.2. The molecule has 12 heteroatoms. The van der Waals surface area contributed by atoms with Crippen LogP contribution in [0.25, 0.3) is 0 Å². The lowest BCUT2D eigenvalue weighted by Gasteiger charge is -2.06. The van der Waals surface area contributed by atoms with Gasteiger partial charge in [0.2, 0.25) is 21.1 Å². The lowest BCUT2D eigenvalue weighted by Crippen LogP contribution is -2.27. The van der Waals surface area contributed by atoms with E-state index in [9.17, 15) is 13.2 Å². The fourth-order valence-corrected chi connectivity index (χ4v) is 4.61. The molecular weight excluding hydrogens is 420 g/mol. The first-order chi connectivity index (χ1) is 12.4. The SMILES string of the molecule is COCCSc1nnc(NC(=O)CCNS(=O)(=O)c2ccc(Cl)cc2)s1. The summed E-state index contributed by atoms with van der Waals surface area (Å²) in [4.78, 5) is 12.0. The highest BCUT2D eigenvalue weighted by Crippen LogP contribution is 2.25. The zero-order valence-corrected chi connectivity index (χ0v) is 17.0. The molecule has 1 heterocycles. The molecule has 0 aliphatic carbocycles. The summed E-state index contributed by atoms with van der Waals surface area (Å²) in [5, 5.41) is 11.2. The van der Waals surface area contributed by atoms with Gasteiger partial charge in [0.1, 0.15) is 0 Å². The van der Waals surface area contributed by atoms with Gasteiger partial charge in [-0.3, -0.25) is 4.79 Å². The topological polar surface area (TPSA) is 110 Å². The highest BCUT2D eigenvalue weighted by molar-refractivity contribution is 8.01. The summed E-state index contributed by atoms with van der Waals surface area (Å²) in [5.74, 6) is 0.388. The maximum absolute atomic E-state index is 12.1. The van der Waals surface area contributed by atoms with Crippen molar-refractivity contribution >= 4 is 55.8 Å². The number of halogens is 1. The molecule has 0 saturated carbocycles. The molecule has 1 aromatic carbocycles. The summed E-state index contributed by atoms with van der Waals surface area (Å²) in [5.41, 5.74) is 0. The standard InChI is InChI=1S/C14H17ClN4O4S3/c1-23-8-9-24-14-19-18-13(25-14)17-12(20)6-7-16-26(21,22)11-4-2-10(15)3-5-11/h2-5,16H,6-9H2,1H3,(H,17,18,20). The molecule has 0 spiro atoms. The van der Waals surface area contributed by atoms with Gasteiger partial charge >= 0.3 is 0 Å². The molecule has 2 rings (SSSR count). The van der Waals surface area contributed by atoms with Gasteiger partial charge in [-0.25, -0.2) is 13.1 Å². The zero-order chi connectivity index (χ0) is 19.0. The van der Waals surface area contributed by atoms with E-state index in [1.54, 1.807) is 7.11 Å². The number of carbonyl (C=O) groups excluding carboxylic acids is 1. The predicted octanol–water partition coefficient (Wildman–Crippen LogP) is 2.24. The second-order valence-corrected chi connectivity index (χ2v) is 9.39. The van der Waals surface area contributed by atoms with Crippen molar-refractivity contribution in [1.82, 2.24) is 14.9 Å². The van der Waals surface area contributed by atoms with Crippen molar-refractivity contribution in [2.75, 3.05) is 31.3 Å². The molecule has 0 aliphatic rings. The number of anilines is 1. The quantitative estimate of drug-likeness (QED) is 0.334. The number of aromatic nitrogens is 2. The van der Waals surface area contributed by atoms with E-state index < -0.39 is 10.0 Å². The number of hydrogen-bond acceptors (Lipinski definition) is 8. The number of sulfonamides is 1. The van der Waals surface area contributed by atoms with E-state index in [-0.39, 0.29) is 23.8 Å².